The van der Waals surface area contributed by atoms with Crippen LogP contribution in [-0.2, 0) is 0 Å². The van der Waals surface area contributed by atoms with E-state index >= 15 is 0 Å². The lowest BCUT2D eigenvalue weighted by atomic mass is 10.1. The third kappa shape index (κ3) is 3.47. The van der Waals surface area contributed by atoms with Gasteiger partial charge in [-0.1, -0.05) is 0 Å². The number of carbonyl (C=O) groups excluding carboxylic acids is 1. The first kappa shape index (κ1) is 15.6. The van der Waals surface area contributed by atoms with Crippen molar-refractivity contribution in [3.8, 4) is 0 Å². The standard InChI is InChI=1S/C16H26N4O/c1-12-11-19(4)8-5-9-20(12)15-10-13(17)6-7-14(15)16(21)18(2)3/h6-7,10,12H,5,8-9,11,17H2,1-4H3. The van der Waals surface area contributed by atoms with Gasteiger partial charge in [-0.25, -0.2) is 0 Å². The minimum atomic E-state index is 0.0230. The molecule has 2 rings (SSSR count). The average Bonchev–Trinajstić information content (AvgIpc) is 2.58. The van der Waals surface area contributed by atoms with Gasteiger partial charge in [-0.3, -0.25) is 4.79 Å². The molecule has 116 valence electrons. The first-order valence-corrected chi connectivity index (χ1v) is 7.46. The third-order valence-electron chi connectivity index (χ3n) is 4.01. The van der Waals surface area contributed by atoms with Crippen LogP contribution in [0.1, 0.15) is 23.7 Å². The number of hydrogen-bond acceptors (Lipinski definition) is 4. The zero-order valence-electron chi connectivity index (χ0n) is 13.5. The molecular formula is C16H26N4O. The van der Waals surface area contributed by atoms with Crippen LogP contribution in [0.3, 0.4) is 0 Å². The highest BCUT2D eigenvalue weighted by molar-refractivity contribution is 6.00. The Morgan fingerprint density at radius 2 is 2.05 bits per heavy atom. The molecule has 21 heavy (non-hydrogen) atoms. The molecule has 1 saturated heterocycles. The average molecular weight is 290 g/mol. The van der Waals surface area contributed by atoms with Crippen LogP contribution in [0.4, 0.5) is 11.4 Å². The molecule has 2 N–H and O–H groups in total. The number of carbonyl (C=O) groups is 1. The van der Waals surface area contributed by atoms with Crippen molar-refractivity contribution in [2.75, 3.05) is 51.4 Å². The fourth-order valence-corrected chi connectivity index (χ4v) is 2.94. The van der Waals surface area contributed by atoms with Gasteiger partial charge in [-0.2, -0.15) is 0 Å². The smallest absolute Gasteiger partial charge is 0.255 e. The largest absolute Gasteiger partial charge is 0.399 e. The number of hydrogen-bond donors (Lipinski definition) is 1. The Bertz CT molecular complexity index is 515. The van der Waals surface area contributed by atoms with Crippen LogP contribution < -0.4 is 10.6 Å². The number of nitrogens with zero attached hydrogens (tertiary/aromatic N) is 3. The van der Waals surface area contributed by atoms with Crippen LogP contribution in [0.25, 0.3) is 0 Å². The second-order valence-corrected chi connectivity index (χ2v) is 6.13. The molecule has 0 saturated carbocycles. The maximum absolute atomic E-state index is 12.4. The number of amides is 1. The summed E-state index contributed by atoms with van der Waals surface area (Å²) in [6.07, 6.45) is 1.09. The maximum atomic E-state index is 12.4. The summed E-state index contributed by atoms with van der Waals surface area (Å²) < 4.78 is 0. The lowest BCUT2D eigenvalue weighted by Gasteiger charge is -2.32. The second-order valence-electron chi connectivity index (χ2n) is 6.13. The van der Waals surface area contributed by atoms with Crippen LogP contribution in [0, 0.1) is 0 Å². The Morgan fingerprint density at radius 3 is 2.71 bits per heavy atom. The Balaban J connectivity index is 2.41. The highest BCUT2D eigenvalue weighted by Gasteiger charge is 2.24. The lowest BCUT2D eigenvalue weighted by molar-refractivity contribution is 0.0828. The normalized spacial score (nSPS) is 20.2. The lowest BCUT2D eigenvalue weighted by Crippen LogP contribution is -2.39. The monoisotopic (exact) mass is 290 g/mol. The summed E-state index contributed by atoms with van der Waals surface area (Å²) in [7, 11) is 5.70. The summed E-state index contributed by atoms with van der Waals surface area (Å²) >= 11 is 0. The van der Waals surface area contributed by atoms with Crippen molar-refractivity contribution in [3.05, 3.63) is 23.8 Å². The van der Waals surface area contributed by atoms with Gasteiger partial charge in [0.1, 0.15) is 0 Å². The Hall–Kier alpha value is -1.75. The van der Waals surface area contributed by atoms with Crippen molar-refractivity contribution in [1.29, 1.82) is 0 Å². The highest BCUT2D eigenvalue weighted by atomic mass is 16.2. The van der Waals surface area contributed by atoms with Crippen molar-refractivity contribution in [2.45, 2.75) is 19.4 Å². The first-order chi connectivity index (χ1) is 9.90. The third-order valence-corrected chi connectivity index (χ3v) is 4.01. The van der Waals surface area contributed by atoms with Crippen molar-refractivity contribution in [2.24, 2.45) is 0 Å². The molecule has 1 unspecified atom stereocenters. The number of nitrogen functional groups attached to an aromatic ring is 1. The van der Waals surface area contributed by atoms with Crippen LogP contribution in [0.2, 0.25) is 0 Å². The Morgan fingerprint density at radius 1 is 1.33 bits per heavy atom. The van der Waals surface area contributed by atoms with E-state index in [0.717, 1.165) is 37.3 Å². The minimum absolute atomic E-state index is 0.0230. The van der Waals surface area contributed by atoms with E-state index in [2.05, 4.69) is 23.8 Å². The van der Waals surface area contributed by atoms with E-state index in [1.54, 1.807) is 25.1 Å². The van der Waals surface area contributed by atoms with Gasteiger partial charge in [-0.15, -0.1) is 0 Å². The molecule has 5 heteroatoms. The van der Waals surface area contributed by atoms with Crippen LogP contribution >= 0.6 is 0 Å². The molecule has 1 aromatic carbocycles. The maximum Gasteiger partial charge on any atom is 0.255 e. The molecular weight excluding hydrogens is 264 g/mol. The Labute approximate surface area is 127 Å². The van der Waals surface area contributed by atoms with Gasteiger partial charge >= 0.3 is 0 Å². The van der Waals surface area contributed by atoms with Crippen LogP contribution in [0.5, 0.6) is 0 Å². The molecule has 1 heterocycles. The van der Waals surface area contributed by atoms with E-state index in [1.807, 2.05) is 12.1 Å². The quantitative estimate of drug-likeness (QED) is 0.839. The molecule has 1 fully saturated rings. The van der Waals surface area contributed by atoms with Crippen LogP contribution in [0.15, 0.2) is 18.2 Å². The molecule has 0 aliphatic carbocycles. The molecule has 1 atom stereocenters. The van der Waals surface area contributed by atoms with E-state index in [0.29, 0.717) is 11.7 Å². The zero-order chi connectivity index (χ0) is 15.6. The second kappa shape index (κ2) is 6.35. The summed E-state index contributed by atoms with van der Waals surface area (Å²) in [5.41, 5.74) is 8.34. The number of anilines is 2. The first-order valence-electron chi connectivity index (χ1n) is 7.46. The van der Waals surface area contributed by atoms with E-state index in [-0.39, 0.29) is 5.91 Å². The molecule has 5 nitrogen and oxygen atoms in total. The van der Waals surface area contributed by atoms with E-state index < -0.39 is 0 Å². The van der Waals surface area contributed by atoms with Crippen molar-refractivity contribution in [1.82, 2.24) is 9.80 Å². The fraction of sp³-hybridized carbons (Fsp3) is 0.562. The molecule has 0 spiro atoms. The van der Waals surface area contributed by atoms with Crippen molar-refractivity contribution >= 4 is 17.3 Å². The number of rotatable bonds is 2. The van der Waals surface area contributed by atoms with Gasteiger partial charge in [0.25, 0.3) is 5.91 Å². The summed E-state index contributed by atoms with van der Waals surface area (Å²) in [4.78, 5) is 18.7. The minimum Gasteiger partial charge on any atom is -0.399 e. The molecule has 0 radical (unpaired) electrons. The van der Waals surface area contributed by atoms with Crippen molar-refractivity contribution < 1.29 is 4.79 Å². The number of likely N-dealkylation sites (N-methyl/N-ethyl adjacent to an activating group) is 1. The Kier molecular flexibility index (Phi) is 4.73. The van der Waals surface area contributed by atoms with Crippen LogP contribution in [-0.4, -0.2) is 62.5 Å². The number of nitrogens with two attached hydrogens (primary N) is 1. The van der Waals surface area contributed by atoms with Gasteiger partial charge < -0.3 is 20.4 Å². The molecule has 0 bridgehead atoms. The predicted molar refractivity (Wildman–Crippen MR) is 87.8 cm³/mol. The molecule has 1 amide bonds. The van der Waals surface area contributed by atoms with Gasteiger partial charge in [0.05, 0.1) is 11.3 Å². The topological polar surface area (TPSA) is 52.8 Å². The molecule has 1 aliphatic rings. The van der Waals surface area contributed by atoms with Crippen molar-refractivity contribution in [3.63, 3.8) is 0 Å². The van der Waals surface area contributed by atoms with Gasteiger partial charge in [-0.05, 0) is 45.1 Å². The van der Waals surface area contributed by atoms with Gasteiger partial charge in [0.2, 0.25) is 0 Å². The molecule has 1 aliphatic heterocycles. The summed E-state index contributed by atoms with van der Waals surface area (Å²) in [5.74, 6) is 0.0230. The molecule has 0 aromatic heterocycles. The highest BCUT2D eigenvalue weighted by Crippen LogP contribution is 2.28. The fourth-order valence-electron chi connectivity index (χ4n) is 2.94. The van der Waals surface area contributed by atoms with E-state index in [1.165, 1.54) is 0 Å². The van der Waals surface area contributed by atoms with Gasteiger partial charge in [0.15, 0.2) is 0 Å². The van der Waals surface area contributed by atoms with E-state index in [4.69, 9.17) is 5.73 Å². The number of benzene rings is 1. The molecule has 1 aromatic rings. The zero-order valence-corrected chi connectivity index (χ0v) is 13.5. The van der Waals surface area contributed by atoms with Gasteiger partial charge in [0, 0.05) is 38.9 Å². The summed E-state index contributed by atoms with van der Waals surface area (Å²) in [6, 6.07) is 5.93. The SMILES string of the molecule is CC1CN(C)CCCN1c1cc(N)ccc1C(=O)N(C)C. The summed E-state index contributed by atoms with van der Waals surface area (Å²) in [6.45, 7) is 5.22. The predicted octanol–water partition coefficient (Wildman–Crippen LogP) is 1.50. The van der Waals surface area contributed by atoms with E-state index in [9.17, 15) is 4.79 Å². The summed E-state index contributed by atoms with van der Waals surface area (Å²) in [5, 5.41) is 0.